The van der Waals surface area contributed by atoms with Crippen molar-refractivity contribution in [1.82, 2.24) is 10.2 Å². The first-order valence-corrected chi connectivity index (χ1v) is 9.98. The number of nitrogens with zero attached hydrogens (tertiary/aromatic N) is 1. The van der Waals surface area contributed by atoms with E-state index in [1.54, 1.807) is 0 Å². The van der Waals surface area contributed by atoms with Gasteiger partial charge in [-0.1, -0.05) is 13.3 Å². The van der Waals surface area contributed by atoms with Crippen LogP contribution < -0.4 is 5.32 Å². The molecule has 1 atom stereocenters. The summed E-state index contributed by atoms with van der Waals surface area (Å²) in [7, 11) is 2.13. The molecule has 1 unspecified atom stereocenters. The predicted octanol–water partition coefficient (Wildman–Crippen LogP) is 3.83. The molecule has 0 aromatic heterocycles. The molecule has 4 saturated carbocycles. The third-order valence-electron chi connectivity index (χ3n) is 7.00. The van der Waals surface area contributed by atoms with Crippen LogP contribution in [0.2, 0.25) is 0 Å². The van der Waals surface area contributed by atoms with E-state index >= 15 is 0 Å². The van der Waals surface area contributed by atoms with Crippen molar-refractivity contribution in [3.63, 3.8) is 0 Å². The summed E-state index contributed by atoms with van der Waals surface area (Å²) in [6.45, 7) is 6.49. The molecular weight excluding hydrogens is 284 g/mol. The van der Waals surface area contributed by atoms with E-state index in [9.17, 15) is 4.79 Å². The van der Waals surface area contributed by atoms with Gasteiger partial charge < -0.3 is 10.2 Å². The molecular formula is C20H36N2O. The summed E-state index contributed by atoms with van der Waals surface area (Å²) in [5.74, 6) is 3.14. The lowest BCUT2D eigenvalue weighted by atomic mass is 9.48. The first-order chi connectivity index (χ1) is 11.0. The maximum absolute atomic E-state index is 12.4. The minimum atomic E-state index is 0.261. The molecule has 0 heterocycles. The second-order valence-electron chi connectivity index (χ2n) is 8.98. The Morgan fingerprint density at radius 1 is 1.13 bits per heavy atom. The first kappa shape index (κ1) is 17.3. The Labute approximate surface area is 142 Å². The van der Waals surface area contributed by atoms with Gasteiger partial charge in [0, 0.05) is 19.0 Å². The molecule has 4 bridgehead atoms. The summed E-state index contributed by atoms with van der Waals surface area (Å²) < 4.78 is 0. The van der Waals surface area contributed by atoms with Crippen LogP contribution in [0.25, 0.3) is 0 Å². The van der Waals surface area contributed by atoms with Gasteiger partial charge in [0.15, 0.2) is 0 Å². The van der Waals surface area contributed by atoms with Crippen molar-refractivity contribution >= 4 is 5.91 Å². The van der Waals surface area contributed by atoms with Crippen LogP contribution in [0.3, 0.4) is 0 Å². The Morgan fingerprint density at radius 3 is 2.22 bits per heavy atom. The molecule has 3 nitrogen and oxygen atoms in total. The fourth-order valence-electron chi connectivity index (χ4n) is 6.01. The summed E-state index contributed by atoms with van der Waals surface area (Å²) in [4.78, 5) is 14.7. The van der Waals surface area contributed by atoms with Crippen molar-refractivity contribution < 1.29 is 4.79 Å². The average Bonchev–Trinajstić information content (AvgIpc) is 2.49. The van der Waals surface area contributed by atoms with Crippen LogP contribution in [-0.2, 0) is 4.79 Å². The topological polar surface area (TPSA) is 32.3 Å². The number of unbranched alkanes of at least 4 members (excludes halogenated alkanes) is 1. The summed E-state index contributed by atoms with van der Waals surface area (Å²) in [6.07, 6.45) is 11.6. The molecule has 0 spiro atoms. The highest BCUT2D eigenvalue weighted by molar-refractivity contribution is 5.76. The third kappa shape index (κ3) is 3.92. The van der Waals surface area contributed by atoms with Gasteiger partial charge >= 0.3 is 0 Å². The zero-order valence-corrected chi connectivity index (χ0v) is 15.4. The zero-order valence-electron chi connectivity index (χ0n) is 15.4. The third-order valence-corrected chi connectivity index (χ3v) is 7.00. The largest absolute Gasteiger partial charge is 0.353 e. The van der Waals surface area contributed by atoms with E-state index in [0.29, 0.717) is 17.9 Å². The van der Waals surface area contributed by atoms with Gasteiger partial charge in [0.1, 0.15) is 0 Å². The quantitative estimate of drug-likeness (QED) is 0.737. The van der Waals surface area contributed by atoms with Crippen LogP contribution in [0.4, 0.5) is 0 Å². The normalized spacial score (nSPS) is 36.4. The Balaban J connectivity index is 1.47. The number of carbonyl (C=O) groups is 1. The van der Waals surface area contributed by atoms with Crippen LogP contribution in [0.5, 0.6) is 0 Å². The average molecular weight is 321 g/mol. The molecule has 1 amide bonds. The van der Waals surface area contributed by atoms with Gasteiger partial charge in [-0.05, 0) is 88.6 Å². The molecule has 0 aromatic rings. The molecule has 3 heteroatoms. The Hall–Kier alpha value is -0.570. The molecule has 0 radical (unpaired) electrons. The fourth-order valence-corrected chi connectivity index (χ4v) is 6.01. The van der Waals surface area contributed by atoms with Crippen molar-refractivity contribution in [1.29, 1.82) is 0 Å². The highest BCUT2D eigenvalue weighted by atomic mass is 16.1. The molecule has 0 saturated heterocycles. The molecule has 4 fully saturated rings. The monoisotopic (exact) mass is 320 g/mol. The maximum Gasteiger partial charge on any atom is 0.221 e. The number of carbonyl (C=O) groups excluding carboxylic acids is 1. The minimum absolute atomic E-state index is 0.261. The molecule has 4 aliphatic rings. The van der Waals surface area contributed by atoms with Crippen LogP contribution in [-0.4, -0.2) is 37.0 Å². The van der Waals surface area contributed by atoms with E-state index in [1.807, 2.05) is 0 Å². The fraction of sp³-hybridized carbons (Fsp3) is 0.950. The standard InChI is InChI=1S/C20H36N2O/c1-4-5-7-22(3)8-6-19(23)21-15(2)20-12-16-9-17(13-20)11-18(10-16)14-20/h15-18H,4-14H2,1-3H3,(H,21,23). The van der Waals surface area contributed by atoms with Crippen molar-refractivity contribution in [2.24, 2.45) is 23.2 Å². The van der Waals surface area contributed by atoms with Crippen LogP contribution >= 0.6 is 0 Å². The van der Waals surface area contributed by atoms with Crippen LogP contribution in [0, 0.1) is 23.2 Å². The summed E-state index contributed by atoms with van der Waals surface area (Å²) in [6, 6.07) is 0.365. The first-order valence-electron chi connectivity index (χ1n) is 9.98. The van der Waals surface area contributed by atoms with Gasteiger partial charge in [0.25, 0.3) is 0 Å². The maximum atomic E-state index is 12.4. The molecule has 4 aliphatic carbocycles. The summed E-state index contributed by atoms with van der Waals surface area (Å²) in [5.41, 5.74) is 0.429. The van der Waals surface area contributed by atoms with Crippen molar-refractivity contribution in [2.45, 2.75) is 77.7 Å². The Morgan fingerprint density at radius 2 is 1.70 bits per heavy atom. The zero-order chi connectivity index (χ0) is 16.4. The van der Waals surface area contributed by atoms with Gasteiger partial charge in [-0.2, -0.15) is 0 Å². The molecule has 23 heavy (non-hydrogen) atoms. The van der Waals surface area contributed by atoms with Crippen LogP contribution in [0.1, 0.15) is 71.6 Å². The van der Waals surface area contributed by atoms with Gasteiger partial charge in [0.2, 0.25) is 5.91 Å². The van der Waals surface area contributed by atoms with E-state index in [1.165, 1.54) is 51.4 Å². The Kier molecular flexibility index (Phi) is 5.35. The number of hydrogen-bond donors (Lipinski definition) is 1. The molecule has 132 valence electrons. The van der Waals surface area contributed by atoms with Crippen LogP contribution in [0.15, 0.2) is 0 Å². The number of amides is 1. The van der Waals surface area contributed by atoms with Gasteiger partial charge in [0.05, 0.1) is 0 Å². The summed E-state index contributed by atoms with van der Waals surface area (Å²) >= 11 is 0. The van der Waals surface area contributed by atoms with Gasteiger partial charge in [-0.15, -0.1) is 0 Å². The van der Waals surface area contributed by atoms with E-state index in [0.717, 1.165) is 30.8 Å². The van der Waals surface area contributed by atoms with Crippen molar-refractivity contribution in [2.75, 3.05) is 20.1 Å². The van der Waals surface area contributed by atoms with E-state index in [2.05, 4.69) is 31.1 Å². The van der Waals surface area contributed by atoms with Gasteiger partial charge in [-0.25, -0.2) is 0 Å². The van der Waals surface area contributed by atoms with E-state index < -0.39 is 0 Å². The highest BCUT2D eigenvalue weighted by Crippen LogP contribution is 2.61. The number of rotatable bonds is 8. The molecule has 4 rings (SSSR count). The SMILES string of the molecule is CCCCN(C)CCC(=O)NC(C)C12CC3CC(CC(C3)C1)C2. The smallest absolute Gasteiger partial charge is 0.221 e. The summed E-state index contributed by atoms with van der Waals surface area (Å²) in [5, 5.41) is 3.38. The molecule has 0 aromatic carbocycles. The highest BCUT2D eigenvalue weighted by Gasteiger charge is 2.53. The lowest BCUT2D eigenvalue weighted by molar-refractivity contribution is -0.126. The van der Waals surface area contributed by atoms with E-state index in [-0.39, 0.29) is 5.91 Å². The molecule has 1 N–H and O–H groups in total. The molecule has 0 aliphatic heterocycles. The van der Waals surface area contributed by atoms with E-state index in [4.69, 9.17) is 0 Å². The predicted molar refractivity (Wildman–Crippen MR) is 95.2 cm³/mol. The van der Waals surface area contributed by atoms with Crippen molar-refractivity contribution in [3.8, 4) is 0 Å². The minimum Gasteiger partial charge on any atom is -0.353 e. The lowest BCUT2D eigenvalue weighted by Gasteiger charge is -2.59. The number of nitrogens with one attached hydrogen (secondary N) is 1. The number of hydrogen-bond acceptors (Lipinski definition) is 2. The lowest BCUT2D eigenvalue weighted by Crippen LogP contribution is -2.56. The Bertz CT molecular complexity index is 385. The second kappa shape index (κ2) is 7.13. The second-order valence-corrected chi connectivity index (χ2v) is 8.98. The van der Waals surface area contributed by atoms with Gasteiger partial charge in [-0.3, -0.25) is 4.79 Å². The van der Waals surface area contributed by atoms with Crippen molar-refractivity contribution in [3.05, 3.63) is 0 Å².